The highest BCUT2D eigenvalue weighted by atomic mass is 16.2. The number of carbonyl (C=O) groups is 2. The first-order valence-electron chi connectivity index (χ1n) is 9.36. The normalized spacial score (nSPS) is 10.6. The molecule has 6 nitrogen and oxygen atoms in total. The molecule has 0 aliphatic rings. The largest absolute Gasteiger partial charge is 0.352 e. The Kier molecular flexibility index (Phi) is 5.33. The number of carbonyl (C=O) groups excluding carboxylic acids is 2. The Hall–Kier alpha value is -3.93. The molecule has 0 atom stereocenters. The molecule has 2 amide bonds. The standard InChI is InChI=1S/C23H20N4O2/c28-22(24-14-13-17-6-2-1-3-7-17)18-9-11-19(12-10-18)26-23(29)21-20-8-4-5-15-27(20)16-25-21/h1-12,15-16H,13-14H2,(H,24,28)(H,26,29). The van der Waals surface area contributed by atoms with E-state index in [4.69, 9.17) is 0 Å². The van der Waals surface area contributed by atoms with E-state index in [1.165, 1.54) is 5.56 Å². The molecule has 29 heavy (non-hydrogen) atoms. The van der Waals surface area contributed by atoms with Gasteiger partial charge in [-0.3, -0.25) is 9.59 Å². The molecule has 2 aromatic heterocycles. The maximum atomic E-state index is 12.5. The number of aromatic nitrogens is 2. The third-order valence-electron chi connectivity index (χ3n) is 4.61. The average Bonchev–Trinajstić information content (AvgIpc) is 3.19. The van der Waals surface area contributed by atoms with Gasteiger partial charge in [-0.25, -0.2) is 4.98 Å². The van der Waals surface area contributed by atoms with Gasteiger partial charge in [0.05, 0.1) is 5.52 Å². The number of nitrogens with one attached hydrogen (secondary N) is 2. The van der Waals surface area contributed by atoms with Gasteiger partial charge < -0.3 is 15.0 Å². The van der Waals surface area contributed by atoms with Crippen molar-refractivity contribution in [2.45, 2.75) is 6.42 Å². The van der Waals surface area contributed by atoms with E-state index in [0.717, 1.165) is 11.9 Å². The van der Waals surface area contributed by atoms with Gasteiger partial charge in [-0.15, -0.1) is 0 Å². The zero-order valence-electron chi connectivity index (χ0n) is 15.7. The maximum absolute atomic E-state index is 12.5. The SMILES string of the molecule is O=C(NCCc1ccccc1)c1ccc(NC(=O)c2ncn3ccccc23)cc1. The van der Waals surface area contributed by atoms with Crippen molar-refractivity contribution < 1.29 is 9.59 Å². The maximum Gasteiger partial charge on any atom is 0.276 e. The Morgan fingerprint density at radius 1 is 0.862 bits per heavy atom. The number of hydrogen-bond donors (Lipinski definition) is 2. The van der Waals surface area contributed by atoms with Gasteiger partial charge >= 0.3 is 0 Å². The minimum Gasteiger partial charge on any atom is -0.352 e. The number of anilines is 1. The van der Waals surface area contributed by atoms with Crippen molar-refractivity contribution in [3.63, 3.8) is 0 Å². The Morgan fingerprint density at radius 3 is 2.41 bits per heavy atom. The van der Waals surface area contributed by atoms with Gasteiger partial charge in [0, 0.05) is 24.0 Å². The summed E-state index contributed by atoms with van der Waals surface area (Å²) in [6.07, 6.45) is 4.22. The van der Waals surface area contributed by atoms with E-state index in [9.17, 15) is 9.59 Å². The molecule has 0 radical (unpaired) electrons. The number of amides is 2. The van der Waals surface area contributed by atoms with E-state index >= 15 is 0 Å². The van der Waals surface area contributed by atoms with E-state index in [0.29, 0.717) is 23.5 Å². The van der Waals surface area contributed by atoms with Crippen LogP contribution in [0.3, 0.4) is 0 Å². The second-order valence-electron chi connectivity index (χ2n) is 6.61. The van der Waals surface area contributed by atoms with Crippen LogP contribution in [-0.2, 0) is 6.42 Å². The van der Waals surface area contributed by atoms with Crippen LogP contribution in [0.25, 0.3) is 5.52 Å². The lowest BCUT2D eigenvalue weighted by atomic mass is 10.1. The molecule has 0 aliphatic heterocycles. The van der Waals surface area contributed by atoms with Gasteiger partial charge in [-0.1, -0.05) is 36.4 Å². The Labute approximate surface area is 168 Å². The summed E-state index contributed by atoms with van der Waals surface area (Å²) >= 11 is 0. The summed E-state index contributed by atoms with van der Waals surface area (Å²) in [4.78, 5) is 29.0. The minimum absolute atomic E-state index is 0.140. The first-order chi connectivity index (χ1) is 14.2. The minimum atomic E-state index is -0.293. The number of benzene rings is 2. The number of nitrogens with zero attached hydrogens (tertiary/aromatic N) is 2. The van der Waals surface area contributed by atoms with Crippen LogP contribution in [0.2, 0.25) is 0 Å². The molecule has 0 unspecified atom stereocenters. The summed E-state index contributed by atoms with van der Waals surface area (Å²) in [5.41, 5.74) is 3.42. The molecule has 2 aromatic carbocycles. The van der Waals surface area contributed by atoms with Crippen LogP contribution in [-0.4, -0.2) is 27.7 Å². The zero-order valence-corrected chi connectivity index (χ0v) is 15.7. The lowest BCUT2D eigenvalue weighted by molar-refractivity contribution is 0.0953. The highest BCUT2D eigenvalue weighted by Gasteiger charge is 2.13. The molecule has 2 N–H and O–H groups in total. The summed E-state index contributed by atoms with van der Waals surface area (Å²) < 4.78 is 1.79. The summed E-state index contributed by atoms with van der Waals surface area (Å²) in [6, 6.07) is 22.4. The Bertz CT molecular complexity index is 1130. The smallest absolute Gasteiger partial charge is 0.276 e. The van der Waals surface area contributed by atoms with Crippen LogP contribution < -0.4 is 10.6 Å². The fourth-order valence-corrected chi connectivity index (χ4v) is 3.08. The van der Waals surface area contributed by atoms with Crippen LogP contribution in [0, 0.1) is 0 Å². The number of hydrogen-bond acceptors (Lipinski definition) is 3. The highest BCUT2D eigenvalue weighted by Crippen LogP contribution is 2.14. The first kappa shape index (κ1) is 18.4. The highest BCUT2D eigenvalue weighted by molar-refractivity contribution is 6.07. The molecule has 0 saturated carbocycles. The third kappa shape index (κ3) is 4.32. The van der Waals surface area contributed by atoms with E-state index < -0.39 is 0 Å². The van der Waals surface area contributed by atoms with Gasteiger partial charge in [-0.05, 0) is 48.4 Å². The lowest BCUT2D eigenvalue weighted by Gasteiger charge is -2.07. The molecule has 0 saturated heterocycles. The van der Waals surface area contributed by atoms with Gasteiger partial charge in [0.2, 0.25) is 0 Å². The molecular weight excluding hydrogens is 364 g/mol. The quantitative estimate of drug-likeness (QED) is 0.534. The van der Waals surface area contributed by atoms with Crippen molar-refractivity contribution in [2.24, 2.45) is 0 Å². The van der Waals surface area contributed by atoms with Crippen molar-refractivity contribution in [3.8, 4) is 0 Å². The van der Waals surface area contributed by atoms with Gasteiger partial charge in [0.25, 0.3) is 11.8 Å². The molecule has 2 heterocycles. The zero-order chi connectivity index (χ0) is 20.1. The van der Waals surface area contributed by atoms with Gasteiger partial charge in [0.15, 0.2) is 5.69 Å². The lowest BCUT2D eigenvalue weighted by Crippen LogP contribution is -2.25. The Balaban J connectivity index is 1.35. The fourth-order valence-electron chi connectivity index (χ4n) is 3.08. The van der Waals surface area contributed by atoms with E-state index in [2.05, 4.69) is 15.6 Å². The average molecular weight is 384 g/mol. The van der Waals surface area contributed by atoms with Crippen LogP contribution in [0.1, 0.15) is 26.4 Å². The topological polar surface area (TPSA) is 75.5 Å². The first-order valence-corrected chi connectivity index (χ1v) is 9.36. The predicted octanol–water partition coefficient (Wildman–Crippen LogP) is 3.56. The van der Waals surface area contributed by atoms with Crippen molar-refractivity contribution in [2.75, 3.05) is 11.9 Å². The van der Waals surface area contributed by atoms with E-state index in [1.54, 1.807) is 35.0 Å². The number of imidazole rings is 1. The second kappa shape index (κ2) is 8.39. The Morgan fingerprint density at radius 2 is 1.62 bits per heavy atom. The molecule has 0 aliphatic carbocycles. The molecule has 4 aromatic rings. The summed E-state index contributed by atoms with van der Waals surface area (Å²) in [5, 5.41) is 5.73. The molecule has 0 fully saturated rings. The number of pyridine rings is 1. The summed E-state index contributed by atoms with van der Waals surface area (Å²) in [6.45, 7) is 0.564. The molecule has 0 bridgehead atoms. The summed E-state index contributed by atoms with van der Waals surface area (Å²) in [7, 11) is 0. The number of fused-ring (bicyclic) bond motifs is 1. The summed E-state index contributed by atoms with van der Waals surface area (Å²) in [5.74, 6) is -0.433. The monoisotopic (exact) mass is 384 g/mol. The molecular formula is C23H20N4O2. The van der Waals surface area contributed by atoms with Crippen molar-refractivity contribution in [1.82, 2.24) is 14.7 Å². The van der Waals surface area contributed by atoms with Crippen LogP contribution >= 0.6 is 0 Å². The fraction of sp³-hybridized carbons (Fsp3) is 0.0870. The molecule has 0 spiro atoms. The van der Waals surface area contributed by atoms with Crippen LogP contribution in [0.15, 0.2) is 85.3 Å². The second-order valence-corrected chi connectivity index (χ2v) is 6.61. The van der Waals surface area contributed by atoms with E-state index in [-0.39, 0.29) is 11.8 Å². The van der Waals surface area contributed by atoms with Crippen LogP contribution in [0.5, 0.6) is 0 Å². The van der Waals surface area contributed by atoms with E-state index in [1.807, 2.05) is 54.7 Å². The molecule has 6 heteroatoms. The van der Waals surface area contributed by atoms with Gasteiger partial charge in [0.1, 0.15) is 6.33 Å². The molecule has 4 rings (SSSR count). The van der Waals surface area contributed by atoms with Crippen molar-refractivity contribution in [1.29, 1.82) is 0 Å². The van der Waals surface area contributed by atoms with Crippen molar-refractivity contribution >= 4 is 23.0 Å². The third-order valence-corrected chi connectivity index (χ3v) is 4.61. The van der Waals surface area contributed by atoms with Gasteiger partial charge in [-0.2, -0.15) is 0 Å². The predicted molar refractivity (Wildman–Crippen MR) is 112 cm³/mol. The molecule has 144 valence electrons. The van der Waals surface area contributed by atoms with Crippen molar-refractivity contribution in [3.05, 3.63) is 102 Å². The van der Waals surface area contributed by atoms with Crippen LogP contribution in [0.4, 0.5) is 5.69 Å². The number of rotatable bonds is 6.